The quantitative estimate of drug-likeness (QED) is 0.461. The fraction of sp³-hybridized carbons (Fsp3) is 0.500. The van der Waals surface area contributed by atoms with Gasteiger partial charge in [0.2, 0.25) is 0 Å². The standard InChI is InChI=1S/C12H16ClNO3/c1-8(2)10(13)6-9-4-5-11(14(15)16)12(7-9)17-3/h4-5,7-8,10H,6H2,1-3H3. The molecule has 0 aromatic heterocycles. The van der Waals surface area contributed by atoms with Gasteiger partial charge in [0.1, 0.15) is 0 Å². The highest BCUT2D eigenvalue weighted by Gasteiger charge is 2.17. The Balaban J connectivity index is 2.94. The fourth-order valence-corrected chi connectivity index (χ4v) is 1.64. The van der Waals surface area contributed by atoms with E-state index in [-0.39, 0.29) is 16.8 Å². The normalized spacial score (nSPS) is 12.5. The number of hydrogen-bond donors (Lipinski definition) is 0. The summed E-state index contributed by atoms with van der Waals surface area (Å²) < 4.78 is 5.00. The minimum absolute atomic E-state index is 0.0150. The SMILES string of the molecule is COc1cc(CC(Cl)C(C)C)ccc1[N+](=O)[O-]. The van der Waals surface area contributed by atoms with Gasteiger partial charge in [-0.25, -0.2) is 0 Å². The van der Waals surface area contributed by atoms with Crippen molar-refractivity contribution in [3.63, 3.8) is 0 Å². The second-order valence-electron chi connectivity index (χ2n) is 4.23. The van der Waals surface area contributed by atoms with Gasteiger partial charge in [-0.05, 0) is 24.0 Å². The first-order chi connectivity index (χ1) is 7.95. The lowest BCUT2D eigenvalue weighted by Gasteiger charge is -2.13. The summed E-state index contributed by atoms with van der Waals surface area (Å²) in [5.74, 6) is 0.637. The van der Waals surface area contributed by atoms with Gasteiger partial charge in [-0.2, -0.15) is 0 Å². The van der Waals surface area contributed by atoms with E-state index in [1.165, 1.54) is 13.2 Å². The van der Waals surface area contributed by atoms with Gasteiger partial charge in [-0.1, -0.05) is 19.9 Å². The molecule has 0 N–H and O–H groups in total. The second-order valence-corrected chi connectivity index (χ2v) is 4.79. The van der Waals surface area contributed by atoms with Crippen molar-refractivity contribution in [1.82, 2.24) is 0 Å². The Kier molecular flexibility index (Phi) is 4.75. The van der Waals surface area contributed by atoms with Gasteiger partial charge in [0.05, 0.1) is 12.0 Å². The van der Waals surface area contributed by atoms with E-state index >= 15 is 0 Å². The zero-order valence-electron chi connectivity index (χ0n) is 10.1. The Morgan fingerprint density at radius 2 is 2.12 bits per heavy atom. The van der Waals surface area contributed by atoms with Crippen molar-refractivity contribution < 1.29 is 9.66 Å². The third-order valence-electron chi connectivity index (χ3n) is 2.59. The molecule has 1 aromatic rings. The second kappa shape index (κ2) is 5.87. The van der Waals surface area contributed by atoms with E-state index in [1.54, 1.807) is 12.1 Å². The molecular weight excluding hydrogens is 242 g/mol. The number of nitrogens with zero attached hydrogens (tertiary/aromatic N) is 1. The van der Waals surface area contributed by atoms with Crippen molar-refractivity contribution >= 4 is 17.3 Å². The van der Waals surface area contributed by atoms with E-state index < -0.39 is 4.92 Å². The molecule has 0 aliphatic carbocycles. The van der Waals surface area contributed by atoms with Crippen molar-refractivity contribution in [3.8, 4) is 5.75 Å². The van der Waals surface area contributed by atoms with Gasteiger partial charge in [0, 0.05) is 11.4 Å². The predicted molar refractivity (Wildman–Crippen MR) is 67.8 cm³/mol. The summed E-state index contributed by atoms with van der Waals surface area (Å²) >= 11 is 6.17. The molecule has 0 spiro atoms. The van der Waals surface area contributed by atoms with Crippen molar-refractivity contribution in [2.24, 2.45) is 5.92 Å². The molecule has 0 amide bonds. The lowest BCUT2D eigenvalue weighted by atomic mass is 10.0. The molecule has 1 unspecified atom stereocenters. The van der Waals surface area contributed by atoms with Crippen molar-refractivity contribution in [1.29, 1.82) is 0 Å². The molecule has 0 aliphatic heterocycles. The van der Waals surface area contributed by atoms with E-state index in [9.17, 15) is 10.1 Å². The highest BCUT2D eigenvalue weighted by molar-refractivity contribution is 6.20. The summed E-state index contributed by atoms with van der Waals surface area (Å²) in [5, 5.41) is 10.7. The maximum absolute atomic E-state index is 10.7. The Labute approximate surface area is 106 Å². The molecule has 0 fully saturated rings. The molecule has 0 radical (unpaired) electrons. The van der Waals surface area contributed by atoms with Crippen LogP contribution in [0.3, 0.4) is 0 Å². The van der Waals surface area contributed by atoms with E-state index in [0.717, 1.165) is 5.56 Å². The molecule has 1 rings (SSSR count). The molecule has 4 nitrogen and oxygen atoms in total. The molecule has 94 valence electrons. The number of halogens is 1. The molecule has 0 saturated carbocycles. The number of benzene rings is 1. The van der Waals surface area contributed by atoms with E-state index in [2.05, 4.69) is 0 Å². The molecule has 0 bridgehead atoms. The van der Waals surface area contributed by atoms with Crippen molar-refractivity contribution in [2.75, 3.05) is 7.11 Å². The largest absolute Gasteiger partial charge is 0.490 e. The Morgan fingerprint density at radius 1 is 1.47 bits per heavy atom. The lowest BCUT2D eigenvalue weighted by molar-refractivity contribution is -0.385. The Hall–Kier alpha value is -1.29. The molecule has 1 aromatic carbocycles. The minimum atomic E-state index is -0.455. The summed E-state index contributed by atoms with van der Waals surface area (Å²) in [7, 11) is 1.42. The molecule has 5 heteroatoms. The van der Waals surface area contributed by atoms with Crippen LogP contribution in [-0.2, 0) is 6.42 Å². The smallest absolute Gasteiger partial charge is 0.310 e. The topological polar surface area (TPSA) is 52.4 Å². The number of nitro benzene ring substituents is 1. The van der Waals surface area contributed by atoms with Gasteiger partial charge >= 0.3 is 5.69 Å². The summed E-state index contributed by atoms with van der Waals surface area (Å²) in [6.45, 7) is 4.08. The summed E-state index contributed by atoms with van der Waals surface area (Å²) in [4.78, 5) is 10.3. The zero-order valence-corrected chi connectivity index (χ0v) is 10.9. The average Bonchev–Trinajstić information content (AvgIpc) is 2.28. The molecule has 0 aliphatic rings. The minimum Gasteiger partial charge on any atom is -0.490 e. The summed E-state index contributed by atoms with van der Waals surface area (Å²) in [5.41, 5.74) is 0.924. The van der Waals surface area contributed by atoms with Crippen LogP contribution in [0.4, 0.5) is 5.69 Å². The number of alkyl halides is 1. The first-order valence-corrected chi connectivity index (χ1v) is 5.84. The van der Waals surface area contributed by atoms with Crippen LogP contribution in [0.15, 0.2) is 18.2 Å². The van der Waals surface area contributed by atoms with Gasteiger partial charge in [0.15, 0.2) is 5.75 Å². The maximum Gasteiger partial charge on any atom is 0.310 e. The van der Waals surface area contributed by atoms with E-state index in [4.69, 9.17) is 16.3 Å². The average molecular weight is 258 g/mol. The molecular formula is C12H16ClNO3. The Bertz CT molecular complexity index is 407. The number of methoxy groups -OCH3 is 1. The van der Waals surface area contributed by atoms with Crippen LogP contribution in [0.25, 0.3) is 0 Å². The summed E-state index contributed by atoms with van der Waals surface area (Å²) in [6.07, 6.45) is 0.674. The van der Waals surface area contributed by atoms with Crippen LogP contribution in [-0.4, -0.2) is 17.4 Å². The van der Waals surface area contributed by atoms with E-state index in [0.29, 0.717) is 12.3 Å². The van der Waals surface area contributed by atoms with Crippen LogP contribution < -0.4 is 4.74 Å². The number of nitro groups is 1. The predicted octanol–water partition coefficient (Wildman–Crippen LogP) is 3.41. The molecule has 1 atom stereocenters. The molecule has 0 saturated heterocycles. The lowest BCUT2D eigenvalue weighted by Crippen LogP contribution is -2.11. The van der Waals surface area contributed by atoms with Crippen LogP contribution in [0.2, 0.25) is 0 Å². The van der Waals surface area contributed by atoms with Crippen LogP contribution in [0.1, 0.15) is 19.4 Å². The van der Waals surface area contributed by atoms with Gasteiger partial charge in [-0.15, -0.1) is 11.6 Å². The monoisotopic (exact) mass is 257 g/mol. The number of rotatable bonds is 5. The summed E-state index contributed by atoms with van der Waals surface area (Å²) in [6, 6.07) is 4.85. The van der Waals surface area contributed by atoms with Gasteiger partial charge in [-0.3, -0.25) is 10.1 Å². The van der Waals surface area contributed by atoms with E-state index in [1.807, 2.05) is 13.8 Å². The highest BCUT2D eigenvalue weighted by atomic mass is 35.5. The van der Waals surface area contributed by atoms with Crippen LogP contribution >= 0.6 is 11.6 Å². The maximum atomic E-state index is 10.7. The third kappa shape index (κ3) is 3.60. The molecule has 17 heavy (non-hydrogen) atoms. The van der Waals surface area contributed by atoms with Gasteiger partial charge in [0.25, 0.3) is 0 Å². The third-order valence-corrected chi connectivity index (χ3v) is 3.25. The van der Waals surface area contributed by atoms with Crippen molar-refractivity contribution in [2.45, 2.75) is 25.6 Å². The van der Waals surface area contributed by atoms with Crippen molar-refractivity contribution in [3.05, 3.63) is 33.9 Å². The van der Waals surface area contributed by atoms with Crippen LogP contribution in [0, 0.1) is 16.0 Å². The Morgan fingerprint density at radius 3 is 2.59 bits per heavy atom. The first-order valence-electron chi connectivity index (χ1n) is 5.41. The highest BCUT2D eigenvalue weighted by Crippen LogP contribution is 2.29. The number of hydrogen-bond acceptors (Lipinski definition) is 3. The van der Waals surface area contributed by atoms with Gasteiger partial charge < -0.3 is 4.74 Å². The van der Waals surface area contributed by atoms with Crippen LogP contribution in [0.5, 0.6) is 5.75 Å². The first kappa shape index (κ1) is 13.8. The zero-order chi connectivity index (χ0) is 13.0. The number of ether oxygens (including phenoxy) is 1. The molecule has 0 heterocycles. The fourth-order valence-electron chi connectivity index (χ4n) is 1.46.